The van der Waals surface area contributed by atoms with Crippen molar-refractivity contribution in [2.24, 2.45) is 4.99 Å². The van der Waals surface area contributed by atoms with E-state index >= 15 is 0 Å². The molecule has 2 saturated heterocycles. The number of morpholine rings is 1. The lowest BCUT2D eigenvalue weighted by Crippen LogP contribution is -2.44. The molecule has 4 rings (SSSR count). The Kier molecular flexibility index (Phi) is 6.52. The van der Waals surface area contributed by atoms with Crippen LogP contribution < -0.4 is 20.4 Å². The lowest BCUT2D eigenvalue weighted by molar-refractivity contribution is 0.122. The fourth-order valence-electron chi connectivity index (χ4n) is 3.97. The fraction of sp³-hybridized carbons (Fsp3) is 0.435. The molecule has 0 radical (unpaired) electrons. The van der Waals surface area contributed by atoms with Gasteiger partial charge in [-0.15, -0.1) is 0 Å². The Morgan fingerprint density at radius 1 is 0.966 bits per heavy atom. The van der Waals surface area contributed by atoms with Crippen LogP contribution in [0.1, 0.15) is 12.0 Å². The van der Waals surface area contributed by atoms with Crippen molar-refractivity contribution in [1.29, 1.82) is 0 Å². The molecule has 1 atom stereocenters. The predicted molar refractivity (Wildman–Crippen MR) is 120 cm³/mol. The summed E-state index contributed by atoms with van der Waals surface area (Å²) in [7, 11) is 1.83. The summed E-state index contributed by atoms with van der Waals surface area (Å²) in [6, 6.07) is 19.8. The van der Waals surface area contributed by atoms with Crippen LogP contribution in [-0.4, -0.2) is 58.4 Å². The molecular formula is C23H31N5O. The average molecular weight is 394 g/mol. The van der Waals surface area contributed by atoms with Crippen molar-refractivity contribution < 1.29 is 4.74 Å². The third-order valence-electron chi connectivity index (χ3n) is 5.65. The molecule has 0 aliphatic carbocycles. The monoisotopic (exact) mass is 393 g/mol. The normalized spacial score (nSPS) is 20.0. The first-order chi connectivity index (χ1) is 14.3. The van der Waals surface area contributed by atoms with E-state index in [1.807, 2.05) is 7.05 Å². The van der Waals surface area contributed by atoms with Gasteiger partial charge in [0.1, 0.15) is 0 Å². The molecule has 0 spiro atoms. The van der Waals surface area contributed by atoms with Gasteiger partial charge in [-0.3, -0.25) is 4.99 Å². The highest BCUT2D eigenvalue weighted by Crippen LogP contribution is 2.20. The highest BCUT2D eigenvalue weighted by molar-refractivity contribution is 5.80. The van der Waals surface area contributed by atoms with Gasteiger partial charge in [0.15, 0.2) is 5.96 Å². The van der Waals surface area contributed by atoms with Gasteiger partial charge in [-0.05, 0) is 36.2 Å². The van der Waals surface area contributed by atoms with Crippen LogP contribution in [0.15, 0.2) is 59.6 Å². The van der Waals surface area contributed by atoms with E-state index in [1.165, 1.54) is 16.9 Å². The molecule has 29 heavy (non-hydrogen) atoms. The minimum atomic E-state index is 0.408. The van der Waals surface area contributed by atoms with Gasteiger partial charge < -0.3 is 25.2 Å². The second kappa shape index (κ2) is 9.65. The van der Waals surface area contributed by atoms with Gasteiger partial charge in [0.25, 0.3) is 0 Å². The van der Waals surface area contributed by atoms with E-state index in [0.717, 1.165) is 58.3 Å². The van der Waals surface area contributed by atoms with Crippen LogP contribution in [0.25, 0.3) is 0 Å². The molecule has 0 amide bonds. The van der Waals surface area contributed by atoms with Gasteiger partial charge in [0, 0.05) is 57.2 Å². The molecule has 0 aromatic heterocycles. The molecule has 0 saturated carbocycles. The second-order valence-electron chi connectivity index (χ2n) is 7.60. The standard InChI is InChI=1S/C23H31N5O/c1-24-23(26-20-11-12-28(18-20)21-5-3-2-4-6-21)25-17-19-7-9-22(10-8-19)27-13-15-29-16-14-27/h2-10,20H,11-18H2,1H3,(H2,24,25,26). The highest BCUT2D eigenvalue weighted by atomic mass is 16.5. The smallest absolute Gasteiger partial charge is 0.191 e. The SMILES string of the molecule is CN=C(NCc1ccc(N2CCOCC2)cc1)NC1CCN(c2ccccc2)C1. The Bertz CT molecular complexity index is 787. The first kappa shape index (κ1) is 19.6. The molecule has 2 aliphatic heterocycles. The number of anilines is 2. The van der Waals surface area contributed by atoms with E-state index < -0.39 is 0 Å². The van der Waals surface area contributed by atoms with Crippen LogP contribution in [-0.2, 0) is 11.3 Å². The zero-order valence-corrected chi connectivity index (χ0v) is 17.2. The van der Waals surface area contributed by atoms with Crippen molar-refractivity contribution in [2.45, 2.75) is 19.0 Å². The largest absolute Gasteiger partial charge is 0.378 e. The maximum Gasteiger partial charge on any atom is 0.191 e. The number of aliphatic imine (C=N–C) groups is 1. The first-order valence-corrected chi connectivity index (χ1v) is 10.5. The summed E-state index contributed by atoms with van der Waals surface area (Å²) in [6.45, 7) is 6.40. The van der Waals surface area contributed by atoms with Crippen molar-refractivity contribution in [3.8, 4) is 0 Å². The molecule has 6 nitrogen and oxygen atoms in total. The molecule has 2 aromatic carbocycles. The maximum atomic E-state index is 5.43. The minimum Gasteiger partial charge on any atom is -0.378 e. The van der Waals surface area contributed by atoms with Crippen LogP contribution in [0, 0.1) is 0 Å². The van der Waals surface area contributed by atoms with Crippen LogP contribution in [0.5, 0.6) is 0 Å². The lowest BCUT2D eigenvalue weighted by Gasteiger charge is -2.29. The average Bonchev–Trinajstić information content (AvgIpc) is 3.27. The van der Waals surface area contributed by atoms with Crippen LogP contribution in [0.3, 0.4) is 0 Å². The topological polar surface area (TPSA) is 52.1 Å². The summed E-state index contributed by atoms with van der Waals surface area (Å²) < 4.78 is 5.43. The molecule has 2 heterocycles. The van der Waals surface area contributed by atoms with Gasteiger partial charge >= 0.3 is 0 Å². The van der Waals surface area contributed by atoms with Crippen molar-refractivity contribution in [3.63, 3.8) is 0 Å². The molecule has 2 fully saturated rings. The number of para-hydroxylation sites is 1. The van der Waals surface area contributed by atoms with E-state index in [9.17, 15) is 0 Å². The molecular weight excluding hydrogens is 362 g/mol. The molecule has 2 N–H and O–H groups in total. The Morgan fingerprint density at radius 3 is 2.41 bits per heavy atom. The third kappa shape index (κ3) is 5.21. The molecule has 2 aromatic rings. The van der Waals surface area contributed by atoms with Gasteiger partial charge in [-0.1, -0.05) is 30.3 Å². The van der Waals surface area contributed by atoms with E-state index in [0.29, 0.717) is 6.04 Å². The number of benzene rings is 2. The maximum absolute atomic E-state index is 5.43. The molecule has 2 aliphatic rings. The van der Waals surface area contributed by atoms with Crippen LogP contribution >= 0.6 is 0 Å². The van der Waals surface area contributed by atoms with Gasteiger partial charge in [-0.2, -0.15) is 0 Å². The molecule has 1 unspecified atom stereocenters. The van der Waals surface area contributed by atoms with E-state index in [4.69, 9.17) is 4.74 Å². The quantitative estimate of drug-likeness (QED) is 0.604. The lowest BCUT2D eigenvalue weighted by atomic mass is 10.2. The number of rotatable bonds is 5. The summed E-state index contributed by atoms with van der Waals surface area (Å²) in [5, 5.41) is 7.03. The fourth-order valence-corrected chi connectivity index (χ4v) is 3.97. The Morgan fingerprint density at radius 2 is 1.69 bits per heavy atom. The molecule has 154 valence electrons. The van der Waals surface area contributed by atoms with Crippen molar-refractivity contribution in [1.82, 2.24) is 10.6 Å². The van der Waals surface area contributed by atoms with Crippen molar-refractivity contribution in [3.05, 3.63) is 60.2 Å². The zero-order valence-electron chi connectivity index (χ0n) is 17.2. The summed E-state index contributed by atoms with van der Waals surface area (Å²) in [5.41, 5.74) is 3.81. The van der Waals surface area contributed by atoms with Gasteiger partial charge in [-0.25, -0.2) is 0 Å². The summed E-state index contributed by atoms with van der Waals surface area (Å²) in [4.78, 5) is 9.21. The number of hydrogen-bond donors (Lipinski definition) is 2. The van der Waals surface area contributed by atoms with Crippen LogP contribution in [0.2, 0.25) is 0 Å². The van der Waals surface area contributed by atoms with E-state index in [-0.39, 0.29) is 0 Å². The van der Waals surface area contributed by atoms with E-state index in [1.54, 1.807) is 0 Å². The van der Waals surface area contributed by atoms with Crippen molar-refractivity contribution >= 4 is 17.3 Å². The summed E-state index contributed by atoms with van der Waals surface area (Å²) in [5.74, 6) is 0.863. The molecule has 0 bridgehead atoms. The Balaban J connectivity index is 1.25. The van der Waals surface area contributed by atoms with Crippen LogP contribution in [0.4, 0.5) is 11.4 Å². The predicted octanol–water partition coefficient (Wildman–Crippen LogP) is 2.47. The van der Waals surface area contributed by atoms with Gasteiger partial charge in [0.2, 0.25) is 0 Å². The molecule has 6 heteroatoms. The number of hydrogen-bond acceptors (Lipinski definition) is 4. The second-order valence-corrected chi connectivity index (χ2v) is 7.60. The Labute approximate surface area is 173 Å². The summed E-state index contributed by atoms with van der Waals surface area (Å²) in [6.07, 6.45) is 1.11. The number of nitrogens with one attached hydrogen (secondary N) is 2. The zero-order chi connectivity index (χ0) is 19.9. The number of nitrogens with zero attached hydrogens (tertiary/aromatic N) is 3. The summed E-state index contributed by atoms with van der Waals surface area (Å²) >= 11 is 0. The Hall–Kier alpha value is -2.73. The third-order valence-corrected chi connectivity index (χ3v) is 5.65. The number of ether oxygens (including phenoxy) is 1. The van der Waals surface area contributed by atoms with E-state index in [2.05, 4.69) is 80.0 Å². The van der Waals surface area contributed by atoms with Gasteiger partial charge in [0.05, 0.1) is 13.2 Å². The first-order valence-electron chi connectivity index (χ1n) is 10.5. The minimum absolute atomic E-state index is 0.408. The van der Waals surface area contributed by atoms with Crippen molar-refractivity contribution in [2.75, 3.05) is 56.2 Å². The number of guanidine groups is 1. The highest BCUT2D eigenvalue weighted by Gasteiger charge is 2.23.